The lowest BCUT2D eigenvalue weighted by Crippen LogP contribution is -2.41. The minimum absolute atomic E-state index is 0.0139. The Kier molecular flexibility index (Phi) is 9.57. The average molecular weight is 488 g/mol. The van der Waals surface area contributed by atoms with E-state index >= 15 is 0 Å². The lowest BCUT2D eigenvalue weighted by atomic mass is 9.94. The van der Waals surface area contributed by atoms with Crippen molar-refractivity contribution in [2.75, 3.05) is 19.4 Å². The molecule has 0 atom stereocenters. The monoisotopic (exact) mass is 487 g/mol. The van der Waals surface area contributed by atoms with Crippen LogP contribution in [0.15, 0.2) is 52.0 Å². The number of thioether (sulfide) groups is 1. The van der Waals surface area contributed by atoms with Gasteiger partial charge in [-0.3, -0.25) is 14.9 Å². The van der Waals surface area contributed by atoms with Gasteiger partial charge in [0.05, 0.1) is 24.1 Å². The summed E-state index contributed by atoms with van der Waals surface area (Å²) >= 11 is 1.26. The zero-order valence-corrected chi connectivity index (χ0v) is 19.9. The number of nitrogens with zero attached hydrogens (tertiary/aromatic N) is 1. The summed E-state index contributed by atoms with van der Waals surface area (Å²) in [7, 11) is 1.84. The van der Waals surface area contributed by atoms with Gasteiger partial charge < -0.3 is 19.4 Å². The molecule has 182 valence electrons. The Balaban J connectivity index is 1.45. The van der Waals surface area contributed by atoms with Crippen molar-refractivity contribution in [3.63, 3.8) is 0 Å². The van der Waals surface area contributed by atoms with E-state index in [2.05, 4.69) is 10.6 Å². The van der Waals surface area contributed by atoms with Gasteiger partial charge in [0.25, 0.3) is 5.91 Å². The third kappa shape index (κ3) is 7.65. The lowest BCUT2D eigenvalue weighted by molar-refractivity contribution is -0.129. The second-order valence-electron chi connectivity index (χ2n) is 7.97. The molecule has 2 N–H and O–H groups in total. The van der Waals surface area contributed by atoms with Gasteiger partial charge in [0.15, 0.2) is 6.61 Å². The van der Waals surface area contributed by atoms with E-state index in [9.17, 15) is 19.2 Å². The third-order valence-corrected chi connectivity index (χ3v) is 6.62. The van der Waals surface area contributed by atoms with E-state index < -0.39 is 24.5 Å². The average Bonchev–Trinajstić information content (AvgIpc) is 3.38. The molecule has 0 spiro atoms. The molecule has 34 heavy (non-hydrogen) atoms. The fourth-order valence-corrected chi connectivity index (χ4v) is 4.64. The van der Waals surface area contributed by atoms with Crippen molar-refractivity contribution in [3.8, 4) is 0 Å². The number of benzene rings is 1. The van der Waals surface area contributed by atoms with E-state index in [1.54, 1.807) is 36.4 Å². The minimum atomic E-state index is -0.764. The van der Waals surface area contributed by atoms with E-state index in [4.69, 9.17) is 9.15 Å². The number of imide groups is 1. The first-order valence-electron chi connectivity index (χ1n) is 11.2. The number of esters is 1. The molecule has 0 radical (unpaired) electrons. The number of nitrogens with one attached hydrogen (secondary N) is 2. The summed E-state index contributed by atoms with van der Waals surface area (Å²) in [6.07, 6.45) is 7.03. The van der Waals surface area contributed by atoms with Crippen LogP contribution in [0.25, 0.3) is 0 Å². The standard InChI is InChI=1S/C24H29N3O6S/c1-27(17-8-3-2-4-9-17)22(29)16-34-20-12-6-5-11-19(20)23(30)33-15-21(28)26-24(31)25-14-18-10-7-13-32-18/h5-7,10-13,17H,2-4,8-9,14-16H2,1H3,(H2,25,26,28,31). The maximum atomic E-state index is 12.6. The van der Waals surface area contributed by atoms with Crippen molar-refractivity contribution < 1.29 is 28.3 Å². The molecule has 9 nitrogen and oxygen atoms in total. The maximum Gasteiger partial charge on any atom is 0.339 e. The highest BCUT2D eigenvalue weighted by atomic mass is 32.2. The summed E-state index contributed by atoms with van der Waals surface area (Å²) in [4.78, 5) is 51.3. The van der Waals surface area contributed by atoms with E-state index in [0.717, 1.165) is 25.7 Å². The van der Waals surface area contributed by atoms with Crippen molar-refractivity contribution in [2.24, 2.45) is 0 Å². The molecule has 0 aliphatic heterocycles. The van der Waals surface area contributed by atoms with Crippen LogP contribution in [-0.2, 0) is 20.9 Å². The van der Waals surface area contributed by atoms with Crippen LogP contribution >= 0.6 is 11.8 Å². The van der Waals surface area contributed by atoms with Crippen molar-refractivity contribution in [2.45, 2.75) is 49.6 Å². The molecular formula is C24H29N3O6S. The number of urea groups is 1. The third-order valence-electron chi connectivity index (χ3n) is 5.56. The molecule has 1 aromatic heterocycles. The Morgan fingerprint density at radius 1 is 1.09 bits per heavy atom. The number of ether oxygens (including phenoxy) is 1. The molecular weight excluding hydrogens is 458 g/mol. The summed E-state index contributed by atoms with van der Waals surface area (Å²) in [5.41, 5.74) is 0.260. The minimum Gasteiger partial charge on any atom is -0.467 e. The Morgan fingerprint density at radius 2 is 1.85 bits per heavy atom. The van der Waals surface area contributed by atoms with Crippen molar-refractivity contribution in [1.82, 2.24) is 15.5 Å². The second kappa shape index (κ2) is 12.8. The molecule has 1 heterocycles. The summed E-state index contributed by atoms with van der Waals surface area (Å²) < 4.78 is 10.2. The Morgan fingerprint density at radius 3 is 2.59 bits per heavy atom. The second-order valence-corrected chi connectivity index (χ2v) is 8.98. The van der Waals surface area contributed by atoms with E-state index in [1.807, 2.05) is 11.9 Å². The molecule has 1 fully saturated rings. The molecule has 3 rings (SSSR count). The van der Waals surface area contributed by atoms with Crippen LogP contribution in [0.3, 0.4) is 0 Å². The van der Waals surface area contributed by atoms with Gasteiger partial charge in [-0.2, -0.15) is 0 Å². The fourth-order valence-electron chi connectivity index (χ4n) is 3.67. The Bertz CT molecular complexity index is 988. The molecule has 0 saturated heterocycles. The van der Waals surface area contributed by atoms with Crippen molar-refractivity contribution in [1.29, 1.82) is 0 Å². The maximum absolute atomic E-state index is 12.6. The van der Waals surface area contributed by atoms with E-state index in [0.29, 0.717) is 10.7 Å². The van der Waals surface area contributed by atoms with Gasteiger partial charge in [-0.15, -0.1) is 11.8 Å². The number of rotatable bonds is 9. The van der Waals surface area contributed by atoms with Gasteiger partial charge >= 0.3 is 12.0 Å². The zero-order valence-electron chi connectivity index (χ0n) is 19.1. The first kappa shape index (κ1) is 25.4. The summed E-state index contributed by atoms with van der Waals surface area (Å²) in [5, 5.41) is 4.54. The van der Waals surface area contributed by atoms with Gasteiger partial charge in [-0.25, -0.2) is 9.59 Å². The Hall–Kier alpha value is -3.27. The molecule has 1 aliphatic carbocycles. The molecule has 0 bridgehead atoms. The van der Waals surface area contributed by atoms with Gasteiger partial charge in [0, 0.05) is 18.0 Å². The first-order chi connectivity index (χ1) is 16.4. The number of carbonyl (C=O) groups is 4. The molecule has 0 unspecified atom stereocenters. The smallest absolute Gasteiger partial charge is 0.339 e. The number of hydrogen-bond donors (Lipinski definition) is 2. The van der Waals surface area contributed by atoms with E-state index in [1.165, 1.54) is 24.4 Å². The molecule has 1 aliphatic rings. The van der Waals surface area contributed by atoms with Crippen molar-refractivity contribution in [3.05, 3.63) is 54.0 Å². The Labute approximate surface area is 202 Å². The summed E-state index contributed by atoms with van der Waals surface area (Å²) in [5.74, 6) is -0.721. The number of hydrogen-bond acceptors (Lipinski definition) is 7. The molecule has 2 aromatic rings. The normalized spacial score (nSPS) is 13.7. The topological polar surface area (TPSA) is 118 Å². The van der Waals surface area contributed by atoms with Crippen LogP contribution in [0.1, 0.15) is 48.2 Å². The number of carbonyl (C=O) groups excluding carboxylic acids is 4. The number of furan rings is 1. The van der Waals surface area contributed by atoms with Gasteiger partial charge in [-0.05, 0) is 37.1 Å². The van der Waals surface area contributed by atoms with Crippen LogP contribution in [0.4, 0.5) is 4.79 Å². The predicted molar refractivity (Wildman–Crippen MR) is 126 cm³/mol. The highest BCUT2D eigenvalue weighted by Gasteiger charge is 2.23. The van der Waals surface area contributed by atoms with Gasteiger partial charge in [0.2, 0.25) is 5.91 Å². The molecule has 4 amide bonds. The molecule has 1 saturated carbocycles. The van der Waals surface area contributed by atoms with Crippen LogP contribution in [-0.4, -0.2) is 54.2 Å². The lowest BCUT2D eigenvalue weighted by Gasteiger charge is -2.31. The van der Waals surface area contributed by atoms with Gasteiger partial charge in [0.1, 0.15) is 5.76 Å². The van der Waals surface area contributed by atoms with Crippen LogP contribution in [0.5, 0.6) is 0 Å². The van der Waals surface area contributed by atoms with Crippen molar-refractivity contribution >= 4 is 35.6 Å². The molecule has 10 heteroatoms. The van der Waals surface area contributed by atoms with Crippen LogP contribution in [0, 0.1) is 0 Å². The number of amides is 4. The van der Waals surface area contributed by atoms with E-state index in [-0.39, 0.29) is 29.8 Å². The first-order valence-corrected chi connectivity index (χ1v) is 12.2. The van der Waals surface area contributed by atoms with Crippen LogP contribution in [0.2, 0.25) is 0 Å². The summed E-state index contributed by atoms with van der Waals surface area (Å²) in [6.45, 7) is -0.499. The highest BCUT2D eigenvalue weighted by Crippen LogP contribution is 2.26. The summed E-state index contributed by atoms with van der Waals surface area (Å²) in [6, 6.07) is 9.67. The SMILES string of the molecule is CN(C(=O)CSc1ccccc1C(=O)OCC(=O)NC(=O)NCc1ccco1)C1CCCCC1. The highest BCUT2D eigenvalue weighted by molar-refractivity contribution is 8.00. The zero-order chi connectivity index (χ0) is 24.3. The predicted octanol–water partition coefficient (Wildman–Crippen LogP) is 3.35. The van der Waals surface area contributed by atoms with Gasteiger partial charge in [-0.1, -0.05) is 31.4 Å². The fraction of sp³-hybridized carbons (Fsp3) is 0.417. The quantitative estimate of drug-likeness (QED) is 0.411. The molecule has 1 aromatic carbocycles. The van der Waals surface area contributed by atoms with Crippen LogP contribution < -0.4 is 10.6 Å². The largest absolute Gasteiger partial charge is 0.467 e.